The van der Waals surface area contributed by atoms with E-state index in [1.165, 1.54) is 31.0 Å². The molecule has 1 aliphatic heterocycles. The molecule has 21 heavy (non-hydrogen) atoms. The number of hydrogen-bond donors (Lipinski definition) is 0. The Hall–Kier alpha value is -1.04. The van der Waals surface area contributed by atoms with E-state index in [1.807, 2.05) is 12.1 Å². The maximum Gasteiger partial charge on any atom is 0.271 e. The minimum Gasteiger partial charge on any atom is -0.470 e. The molecule has 2 aromatic rings. The van der Waals surface area contributed by atoms with Crippen LogP contribution in [0.3, 0.4) is 0 Å². The van der Waals surface area contributed by atoms with Crippen LogP contribution in [-0.4, -0.2) is 21.8 Å². The molecule has 0 bridgehead atoms. The number of aromatic nitrogens is 2. The minimum absolute atomic E-state index is 0.406. The smallest absolute Gasteiger partial charge is 0.271 e. The van der Waals surface area contributed by atoms with E-state index in [2.05, 4.69) is 13.6 Å². The second kappa shape index (κ2) is 6.81. The van der Waals surface area contributed by atoms with Crippen LogP contribution in [0.1, 0.15) is 24.8 Å². The van der Waals surface area contributed by atoms with Crippen molar-refractivity contribution in [1.82, 2.24) is 8.75 Å². The topological polar surface area (TPSA) is 38.3 Å². The third-order valence-electron chi connectivity index (χ3n) is 3.46. The van der Waals surface area contributed by atoms with Gasteiger partial charge in [0.25, 0.3) is 5.88 Å². The molecule has 1 fully saturated rings. The third-order valence-corrected chi connectivity index (χ3v) is 4.70. The highest BCUT2D eigenvalue weighted by Gasteiger charge is 2.19. The number of piperidine rings is 1. The molecule has 4 nitrogen and oxygen atoms in total. The number of benzene rings is 1. The molecule has 0 amide bonds. The van der Waals surface area contributed by atoms with Crippen molar-refractivity contribution in [2.75, 3.05) is 18.0 Å². The Morgan fingerprint density at radius 2 is 1.90 bits per heavy atom. The van der Waals surface area contributed by atoms with E-state index in [9.17, 15) is 0 Å². The monoisotopic (exact) mass is 343 g/mol. The van der Waals surface area contributed by atoms with Gasteiger partial charge in [-0.05, 0) is 37.0 Å². The number of ether oxygens (including phenoxy) is 1. The largest absolute Gasteiger partial charge is 0.470 e. The van der Waals surface area contributed by atoms with Crippen molar-refractivity contribution in [1.29, 1.82) is 0 Å². The maximum atomic E-state index is 6.01. The Balaban J connectivity index is 1.67. The number of halogens is 2. The van der Waals surface area contributed by atoms with Gasteiger partial charge in [-0.3, -0.25) is 0 Å². The van der Waals surface area contributed by atoms with Crippen molar-refractivity contribution in [3.05, 3.63) is 33.8 Å². The first-order valence-electron chi connectivity index (χ1n) is 6.88. The standard InChI is InChI=1S/C14H15Cl2N3OS/c15-11-5-4-10(8-12(11)16)9-20-14-13(17-21-18-14)19-6-2-1-3-7-19/h4-5,8H,1-3,6-7,9H2. The summed E-state index contributed by atoms with van der Waals surface area (Å²) in [6, 6.07) is 5.48. The average Bonchev–Trinajstić information content (AvgIpc) is 2.98. The summed E-state index contributed by atoms with van der Waals surface area (Å²) in [5, 5.41) is 1.08. The maximum absolute atomic E-state index is 6.01. The van der Waals surface area contributed by atoms with Crippen LogP contribution in [0, 0.1) is 0 Å². The zero-order valence-corrected chi connectivity index (χ0v) is 13.7. The molecule has 0 N–H and O–H groups in total. The van der Waals surface area contributed by atoms with Crippen LogP contribution in [0.15, 0.2) is 18.2 Å². The highest BCUT2D eigenvalue weighted by Crippen LogP contribution is 2.29. The van der Waals surface area contributed by atoms with Gasteiger partial charge in [0.15, 0.2) is 0 Å². The summed E-state index contributed by atoms with van der Waals surface area (Å²) in [6.45, 7) is 2.45. The first-order chi connectivity index (χ1) is 10.2. The van der Waals surface area contributed by atoms with Crippen LogP contribution in [0.4, 0.5) is 5.82 Å². The summed E-state index contributed by atoms with van der Waals surface area (Å²) in [5.74, 6) is 1.47. The molecular formula is C14H15Cl2N3OS. The summed E-state index contributed by atoms with van der Waals surface area (Å²) in [4.78, 5) is 2.25. The first-order valence-corrected chi connectivity index (χ1v) is 8.37. The van der Waals surface area contributed by atoms with E-state index in [0.29, 0.717) is 22.5 Å². The van der Waals surface area contributed by atoms with E-state index < -0.39 is 0 Å². The summed E-state index contributed by atoms with van der Waals surface area (Å²) < 4.78 is 14.4. The molecule has 1 aromatic carbocycles. The van der Waals surface area contributed by atoms with Gasteiger partial charge in [-0.25, -0.2) is 0 Å². The molecule has 0 unspecified atom stereocenters. The Morgan fingerprint density at radius 3 is 2.67 bits per heavy atom. The lowest BCUT2D eigenvalue weighted by atomic mass is 10.1. The normalized spacial score (nSPS) is 15.2. The summed E-state index contributed by atoms with van der Waals surface area (Å²) >= 11 is 13.1. The Kier molecular flexibility index (Phi) is 4.83. The summed E-state index contributed by atoms with van der Waals surface area (Å²) in [5.41, 5.74) is 0.960. The Bertz CT molecular complexity index is 614. The molecule has 112 valence electrons. The third kappa shape index (κ3) is 3.59. The molecule has 7 heteroatoms. The predicted octanol–water partition coefficient (Wildman–Crippen LogP) is 4.41. The molecule has 2 heterocycles. The second-order valence-electron chi connectivity index (χ2n) is 4.98. The first kappa shape index (κ1) is 14.9. The SMILES string of the molecule is Clc1ccc(COc2nsnc2N2CCCCC2)cc1Cl. The lowest BCUT2D eigenvalue weighted by molar-refractivity contribution is 0.296. The molecule has 0 aliphatic carbocycles. The second-order valence-corrected chi connectivity index (χ2v) is 6.32. The highest BCUT2D eigenvalue weighted by molar-refractivity contribution is 6.99. The van der Waals surface area contributed by atoms with Crippen molar-refractivity contribution in [2.24, 2.45) is 0 Å². The molecule has 0 saturated carbocycles. The van der Waals surface area contributed by atoms with Gasteiger partial charge < -0.3 is 9.64 Å². The molecule has 1 aliphatic rings. The van der Waals surface area contributed by atoms with E-state index >= 15 is 0 Å². The predicted molar refractivity (Wildman–Crippen MR) is 86.8 cm³/mol. The lowest BCUT2D eigenvalue weighted by Gasteiger charge is -2.26. The van der Waals surface area contributed by atoms with Gasteiger partial charge in [0, 0.05) is 13.1 Å². The van der Waals surface area contributed by atoms with E-state index in [4.69, 9.17) is 27.9 Å². The number of nitrogens with zero attached hydrogens (tertiary/aromatic N) is 3. The number of rotatable bonds is 4. The van der Waals surface area contributed by atoms with Gasteiger partial charge in [-0.15, -0.1) is 4.37 Å². The van der Waals surface area contributed by atoms with Gasteiger partial charge in [0.1, 0.15) is 6.61 Å². The zero-order chi connectivity index (χ0) is 14.7. The molecule has 3 rings (SSSR count). The Labute approximate surface area is 138 Å². The van der Waals surface area contributed by atoms with Crippen molar-refractivity contribution in [3.8, 4) is 5.88 Å². The lowest BCUT2D eigenvalue weighted by Crippen LogP contribution is -2.30. The van der Waals surface area contributed by atoms with Crippen molar-refractivity contribution < 1.29 is 4.74 Å². The summed E-state index contributed by atoms with van der Waals surface area (Å²) in [7, 11) is 0. The fraction of sp³-hybridized carbons (Fsp3) is 0.429. The van der Waals surface area contributed by atoms with Crippen LogP contribution in [0.2, 0.25) is 10.0 Å². The fourth-order valence-electron chi connectivity index (χ4n) is 2.35. The average molecular weight is 344 g/mol. The van der Waals surface area contributed by atoms with Gasteiger partial charge in [-0.2, -0.15) is 4.37 Å². The minimum atomic E-state index is 0.406. The van der Waals surface area contributed by atoms with Crippen molar-refractivity contribution in [3.63, 3.8) is 0 Å². The van der Waals surface area contributed by atoms with Crippen molar-refractivity contribution >= 4 is 40.7 Å². The number of anilines is 1. The van der Waals surface area contributed by atoms with Crippen LogP contribution in [0.5, 0.6) is 5.88 Å². The van der Waals surface area contributed by atoms with E-state index in [-0.39, 0.29) is 0 Å². The van der Waals surface area contributed by atoms with Crippen LogP contribution in [0.25, 0.3) is 0 Å². The van der Waals surface area contributed by atoms with Gasteiger partial charge in [-0.1, -0.05) is 29.3 Å². The molecule has 0 radical (unpaired) electrons. The van der Waals surface area contributed by atoms with Crippen molar-refractivity contribution in [2.45, 2.75) is 25.9 Å². The molecule has 0 atom stereocenters. The molecule has 1 saturated heterocycles. The molecule has 0 spiro atoms. The van der Waals surface area contributed by atoms with Crippen LogP contribution >= 0.6 is 34.9 Å². The zero-order valence-electron chi connectivity index (χ0n) is 11.4. The quantitative estimate of drug-likeness (QED) is 0.823. The van der Waals surface area contributed by atoms with E-state index in [1.54, 1.807) is 6.07 Å². The molecule has 1 aromatic heterocycles. The van der Waals surface area contributed by atoms with Gasteiger partial charge in [0.2, 0.25) is 5.82 Å². The Morgan fingerprint density at radius 1 is 1.10 bits per heavy atom. The summed E-state index contributed by atoms with van der Waals surface area (Å²) in [6.07, 6.45) is 3.68. The molecular weight excluding hydrogens is 329 g/mol. The van der Waals surface area contributed by atoms with Gasteiger partial charge in [0.05, 0.1) is 21.8 Å². The number of hydrogen-bond acceptors (Lipinski definition) is 5. The van der Waals surface area contributed by atoms with Crippen LogP contribution in [-0.2, 0) is 6.61 Å². The highest BCUT2D eigenvalue weighted by atomic mass is 35.5. The van der Waals surface area contributed by atoms with E-state index in [0.717, 1.165) is 24.5 Å². The van der Waals surface area contributed by atoms with Gasteiger partial charge >= 0.3 is 0 Å². The van der Waals surface area contributed by atoms with Crippen LogP contribution < -0.4 is 9.64 Å². The fourth-order valence-corrected chi connectivity index (χ4v) is 3.19.